The second-order valence-corrected chi connectivity index (χ2v) is 9.03. The van der Waals surface area contributed by atoms with Crippen molar-refractivity contribution in [1.82, 2.24) is 39.0 Å². The van der Waals surface area contributed by atoms with Gasteiger partial charge in [-0.2, -0.15) is 0 Å². The molecule has 217 valence electrons. The molecule has 6 aromatic heterocycles. The molecular weight excluding hydrogens is 722 g/mol. The first-order valence-electron chi connectivity index (χ1n) is 13.5. The molecule has 0 saturated carbocycles. The van der Waals surface area contributed by atoms with Crippen LogP contribution in [0.3, 0.4) is 0 Å². The van der Waals surface area contributed by atoms with Crippen LogP contribution in [0.25, 0.3) is 22.8 Å². The van der Waals surface area contributed by atoms with Gasteiger partial charge in [-0.15, -0.1) is 0 Å². The fourth-order valence-electron chi connectivity index (χ4n) is 4.09. The molecule has 0 aliphatic rings. The fourth-order valence-corrected chi connectivity index (χ4v) is 4.09. The molecule has 0 N–H and O–H groups in total. The quantitative estimate of drug-likeness (QED) is 0.166. The number of hydrogen-bond acceptors (Lipinski definition) is 6. The maximum absolute atomic E-state index is 4.67. The van der Waals surface area contributed by atoms with E-state index in [2.05, 4.69) is 62.5 Å². The van der Waals surface area contributed by atoms with Crippen molar-refractivity contribution < 1.29 is 17.6 Å². The van der Waals surface area contributed by atoms with E-state index in [9.17, 15) is 0 Å². The van der Waals surface area contributed by atoms with Crippen LogP contribution in [0.2, 0.25) is 0 Å². The van der Waals surface area contributed by atoms with Gasteiger partial charge in [0, 0.05) is 61.7 Å². The van der Waals surface area contributed by atoms with E-state index in [0.29, 0.717) is 12.1 Å². The van der Waals surface area contributed by atoms with E-state index < -0.39 is 0 Å². The monoisotopic (exact) mass is 757 g/mol. The van der Waals surface area contributed by atoms with E-state index >= 15 is 0 Å². The van der Waals surface area contributed by atoms with Crippen LogP contribution in [-0.4, -0.2) is 39.0 Å². The van der Waals surface area contributed by atoms with Crippen LogP contribution in [0.15, 0.2) is 135 Å². The van der Waals surface area contributed by atoms with E-state index in [1.165, 1.54) is 17.6 Å². The van der Waals surface area contributed by atoms with E-state index in [0.717, 1.165) is 35.6 Å². The third-order valence-corrected chi connectivity index (χ3v) is 6.25. The topological polar surface area (TPSA) is 87.2 Å². The number of hydrogen-bond donors (Lipinski definition) is 0. The second-order valence-electron chi connectivity index (χ2n) is 9.03. The standard InChI is InChI=1S/C12H18N4.2C10H8N2.ClH.Os/c1-3-12(16-7-5-14-10-16)8-11(2)15-6-4-13-9-15;2*1-3-7-11-9(5-1)10-6-2-4-8-12-10;;/h4-7,9-12H,3,8H2,1-2H3;2*1-8H;1H;/q;;;;+1/p-1. The summed E-state index contributed by atoms with van der Waals surface area (Å²) in [5.74, 6) is 0. The molecule has 0 bridgehead atoms. The minimum Gasteiger partial charge on any atom is -0.255 e. The zero-order valence-electron chi connectivity index (χ0n) is 23.6. The molecule has 0 radical (unpaired) electrons. The van der Waals surface area contributed by atoms with Gasteiger partial charge in [0.1, 0.15) is 0 Å². The first-order valence-corrected chi connectivity index (χ1v) is 16.6. The second kappa shape index (κ2) is 19.1. The molecule has 42 heavy (non-hydrogen) atoms. The number of aromatic nitrogens is 8. The first-order chi connectivity index (χ1) is 20.7. The van der Waals surface area contributed by atoms with Gasteiger partial charge >= 0.3 is 27.2 Å². The normalized spacial score (nSPS) is 11.3. The number of imidazole rings is 2. The van der Waals surface area contributed by atoms with E-state index in [-0.39, 0.29) is 0 Å². The predicted octanol–water partition coefficient (Wildman–Crippen LogP) is 7.66. The maximum Gasteiger partial charge on any atom is 0.0886 e. The number of nitrogens with zero attached hydrogens (tertiary/aromatic N) is 8. The number of rotatable bonds is 7. The van der Waals surface area contributed by atoms with Crippen LogP contribution in [0.1, 0.15) is 38.8 Å². The summed E-state index contributed by atoms with van der Waals surface area (Å²) in [5, 5.41) is 0. The molecule has 8 nitrogen and oxygen atoms in total. The zero-order chi connectivity index (χ0) is 29.8. The van der Waals surface area contributed by atoms with Crippen LogP contribution >= 0.6 is 9.64 Å². The van der Waals surface area contributed by atoms with Crippen molar-refractivity contribution in [3.63, 3.8) is 0 Å². The van der Waals surface area contributed by atoms with E-state index in [1.807, 2.05) is 110 Å². The van der Waals surface area contributed by atoms with Crippen molar-refractivity contribution >= 4 is 9.64 Å². The number of pyridine rings is 4. The Morgan fingerprint density at radius 2 is 0.976 bits per heavy atom. The van der Waals surface area contributed by atoms with E-state index in [1.54, 1.807) is 24.8 Å². The average molecular weight is 756 g/mol. The Labute approximate surface area is 261 Å². The summed E-state index contributed by atoms with van der Waals surface area (Å²) in [5.41, 5.74) is 3.66. The molecule has 10 heteroatoms. The molecule has 0 aliphatic carbocycles. The van der Waals surface area contributed by atoms with Crippen molar-refractivity contribution in [2.75, 3.05) is 0 Å². The third-order valence-electron chi connectivity index (χ3n) is 6.25. The van der Waals surface area contributed by atoms with Crippen LogP contribution in [0, 0.1) is 0 Å². The van der Waals surface area contributed by atoms with Crippen LogP contribution < -0.4 is 0 Å². The molecule has 0 aromatic carbocycles. The van der Waals surface area contributed by atoms with Crippen LogP contribution in [0.5, 0.6) is 0 Å². The summed E-state index contributed by atoms with van der Waals surface area (Å²) in [6.07, 6.45) is 20.8. The molecular formula is C32H34ClN8Os. The molecule has 0 spiro atoms. The summed E-state index contributed by atoms with van der Waals surface area (Å²) in [6.45, 7) is 4.44. The van der Waals surface area contributed by atoms with Crippen molar-refractivity contribution in [2.24, 2.45) is 0 Å². The Morgan fingerprint density at radius 1 is 0.595 bits per heavy atom. The average Bonchev–Trinajstić information content (AvgIpc) is 3.83. The van der Waals surface area contributed by atoms with Crippen molar-refractivity contribution in [3.8, 4) is 22.8 Å². The SMILES string of the molecule is CCC(CC(C)n1ccnc1)n1ccnc1.[Cl][Os].c1ccc(-c2ccccn2)nc1.c1ccc(-c2ccccn2)nc1. The summed E-state index contributed by atoms with van der Waals surface area (Å²) in [7, 11) is 4.67. The van der Waals surface area contributed by atoms with Crippen molar-refractivity contribution in [2.45, 2.75) is 38.8 Å². The van der Waals surface area contributed by atoms with Gasteiger partial charge in [-0.05, 0) is 68.3 Å². The predicted molar refractivity (Wildman–Crippen MR) is 164 cm³/mol. The third kappa shape index (κ3) is 10.7. The Kier molecular flexibility index (Phi) is 14.8. The Morgan fingerprint density at radius 3 is 1.26 bits per heavy atom. The van der Waals surface area contributed by atoms with E-state index in [4.69, 9.17) is 0 Å². The minimum atomic E-state index is 0.467. The van der Waals surface area contributed by atoms with Gasteiger partial charge in [0.05, 0.1) is 35.4 Å². The summed E-state index contributed by atoms with van der Waals surface area (Å²) in [4.78, 5) is 24.9. The molecule has 6 aromatic rings. The zero-order valence-corrected chi connectivity index (χ0v) is 26.9. The number of halogens is 1. The van der Waals surface area contributed by atoms with Gasteiger partial charge in [0.25, 0.3) is 0 Å². The molecule has 2 atom stereocenters. The molecule has 2 unspecified atom stereocenters. The molecule has 0 amide bonds. The van der Waals surface area contributed by atoms with Gasteiger partial charge in [-0.25, -0.2) is 9.97 Å². The molecule has 0 fully saturated rings. The summed E-state index contributed by atoms with van der Waals surface area (Å²) < 4.78 is 4.34. The van der Waals surface area contributed by atoms with Gasteiger partial charge in [-0.1, -0.05) is 31.2 Å². The van der Waals surface area contributed by atoms with Gasteiger partial charge in [0.2, 0.25) is 0 Å². The summed E-state index contributed by atoms with van der Waals surface area (Å²) in [6, 6.07) is 24.2. The van der Waals surface area contributed by atoms with Crippen molar-refractivity contribution in [3.05, 3.63) is 135 Å². The smallest absolute Gasteiger partial charge is 0.0886 e. The Balaban J connectivity index is 0.000000170. The maximum atomic E-state index is 4.67. The minimum absolute atomic E-state index is 0.467. The molecule has 0 saturated heterocycles. The Hall–Kier alpha value is -4.05. The molecule has 6 rings (SSSR count). The van der Waals surface area contributed by atoms with Crippen molar-refractivity contribution in [1.29, 1.82) is 0 Å². The Bertz CT molecular complexity index is 1310. The van der Waals surface area contributed by atoms with Gasteiger partial charge in [0.15, 0.2) is 0 Å². The van der Waals surface area contributed by atoms with Gasteiger partial charge < -0.3 is 9.13 Å². The largest absolute Gasteiger partial charge is 0.255 e. The van der Waals surface area contributed by atoms with Gasteiger partial charge in [-0.3, -0.25) is 19.9 Å². The van der Waals surface area contributed by atoms with Crippen LogP contribution in [0.4, 0.5) is 0 Å². The first kappa shape index (κ1) is 32.5. The summed E-state index contributed by atoms with van der Waals surface area (Å²) >= 11 is 1.33. The molecule has 0 aliphatic heterocycles. The molecule has 6 heterocycles. The fraction of sp³-hybridized carbons (Fsp3) is 0.188. The van der Waals surface area contributed by atoms with Crippen LogP contribution in [-0.2, 0) is 17.6 Å².